The van der Waals surface area contributed by atoms with Crippen molar-refractivity contribution >= 4 is 5.91 Å². The number of nitrogens with one attached hydrogen (secondary N) is 1. The maximum atomic E-state index is 12.7. The van der Waals surface area contributed by atoms with E-state index < -0.39 is 18.6 Å². The lowest BCUT2D eigenvalue weighted by Gasteiger charge is -2.31. The quantitative estimate of drug-likeness (QED) is 0.862. The maximum absolute atomic E-state index is 12.7. The van der Waals surface area contributed by atoms with Gasteiger partial charge in [-0.15, -0.1) is 0 Å². The van der Waals surface area contributed by atoms with Crippen LogP contribution in [0.2, 0.25) is 0 Å². The summed E-state index contributed by atoms with van der Waals surface area (Å²) in [5.41, 5.74) is 1.44. The number of nitrogens with zero attached hydrogens (tertiary/aromatic N) is 2. The van der Waals surface area contributed by atoms with E-state index in [0.717, 1.165) is 17.5 Å². The van der Waals surface area contributed by atoms with Crippen molar-refractivity contribution in [3.8, 4) is 0 Å². The Morgan fingerprint density at radius 1 is 1.35 bits per heavy atom. The third-order valence-corrected chi connectivity index (χ3v) is 5.40. The summed E-state index contributed by atoms with van der Waals surface area (Å²) in [6.07, 6.45) is -0.146. The number of hydrogen-bond donors (Lipinski definition) is 1. The van der Waals surface area contributed by atoms with Crippen LogP contribution in [0.3, 0.4) is 0 Å². The largest absolute Gasteiger partial charge is 0.408 e. The second-order valence-electron chi connectivity index (χ2n) is 7.56. The molecule has 0 bridgehead atoms. The topological polar surface area (TPSA) is 56.2 Å². The van der Waals surface area contributed by atoms with E-state index >= 15 is 0 Å². The van der Waals surface area contributed by atoms with Gasteiger partial charge in [0.25, 0.3) is 0 Å². The van der Waals surface area contributed by atoms with Crippen molar-refractivity contribution < 1.29 is 22.7 Å². The van der Waals surface area contributed by atoms with Gasteiger partial charge in [-0.25, -0.2) is 0 Å². The van der Waals surface area contributed by atoms with Gasteiger partial charge in [0.05, 0.1) is 17.7 Å². The Bertz CT molecular complexity index is 667. The van der Waals surface area contributed by atoms with Crippen molar-refractivity contribution in [2.45, 2.75) is 77.2 Å². The van der Waals surface area contributed by atoms with Crippen LogP contribution in [0.5, 0.6) is 0 Å². The molecule has 1 amide bonds. The summed E-state index contributed by atoms with van der Waals surface area (Å²) < 4.78 is 44.8. The third-order valence-electron chi connectivity index (χ3n) is 5.40. The molecule has 1 saturated carbocycles. The van der Waals surface area contributed by atoms with Gasteiger partial charge in [0.1, 0.15) is 6.54 Å². The average molecular weight is 373 g/mol. The number of aryl methyl sites for hydroxylation is 1. The van der Waals surface area contributed by atoms with E-state index in [4.69, 9.17) is 4.74 Å². The molecule has 1 aliphatic heterocycles. The summed E-state index contributed by atoms with van der Waals surface area (Å²) in [6, 6.07) is 0.0649. The zero-order chi connectivity index (χ0) is 19.1. The van der Waals surface area contributed by atoms with Gasteiger partial charge >= 0.3 is 6.18 Å². The van der Waals surface area contributed by atoms with E-state index in [1.165, 1.54) is 12.8 Å². The maximum Gasteiger partial charge on any atom is 0.408 e. The fraction of sp³-hybridized carbons (Fsp3) is 0.778. The first-order chi connectivity index (χ1) is 12.2. The summed E-state index contributed by atoms with van der Waals surface area (Å²) in [7, 11) is 0. The minimum atomic E-state index is -4.34. The number of carbonyl (C=O) groups excluding carboxylic acids is 1. The van der Waals surface area contributed by atoms with Crippen molar-refractivity contribution in [3.63, 3.8) is 0 Å². The van der Waals surface area contributed by atoms with Gasteiger partial charge < -0.3 is 10.1 Å². The molecule has 1 aliphatic carbocycles. The van der Waals surface area contributed by atoms with Gasteiger partial charge in [0, 0.05) is 23.9 Å². The molecule has 146 valence electrons. The molecule has 1 aromatic heterocycles. The molecule has 3 unspecified atom stereocenters. The van der Waals surface area contributed by atoms with Crippen LogP contribution >= 0.6 is 0 Å². The fourth-order valence-corrected chi connectivity index (χ4v) is 3.87. The van der Waals surface area contributed by atoms with Crippen LogP contribution in [0.25, 0.3) is 0 Å². The lowest BCUT2D eigenvalue weighted by Crippen LogP contribution is -2.44. The highest BCUT2D eigenvalue weighted by Crippen LogP contribution is 2.38. The van der Waals surface area contributed by atoms with Crippen LogP contribution in [-0.4, -0.2) is 40.6 Å². The molecule has 0 radical (unpaired) electrons. The first kappa shape index (κ1) is 19.2. The van der Waals surface area contributed by atoms with E-state index in [0.29, 0.717) is 29.5 Å². The molecule has 1 aromatic rings. The Hall–Kier alpha value is -1.57. The molecule has 3 atom stereocenters. The lowest BCUT2D eigenvalue weighted by molar-refractivity contribution is -0.143. The molecular formula is C18H26F3N3O2. The molecule has 8 heteroatoms. The number of aromatic nitrogens is 2. The minimum Gasteiger partial charge on any atom is -0.378 e. The first-order valence-corrected chi connectivity index (χ1v) is 9.18. The zero-order valence-corrected chi connectivity index (χ0v) is 15.4. The first-order valence-electron chi connectivity index (χ1n) is 9.18. The molecule has 1 N–H and O–H groups in total. The second-order valence-corrected chi connectivity index (χ2v) is 7.56. The summed E-state index contributed by atoms with van der Waals surface area (Å²) in [4.78, 5) is 12.7. The number of amides is 1. The van der Waals surface area contributed by atoms with E-state index in [9.17, 15) is 18.0 Å². The van der Waals surface area contributed by atoms with Gasteiger partial charge in [-0.1, -0.05) is 0 Å². The Labute approximate surface area is 151 Å². The molecule has 5 nitrogen and oxygen atoms in total. The predicted octanol–water partition coefficient (Wildman–Crippen LogP) is 3.24. The zero-order valence-electron chi connectivity index (χ0n) is 15.4. The van der Waals surface area contributed by atoms with Crippen LogP contribution in [0.15, 0.2) is 0 Å². The van der Waals surface area contributed by atoms with Crippen molar-refractivity contribution in [1.82, 2.24) is 15.1 Å². The standard InChI is InChI=1S/C18H26F3N3O2/c1-10(16-11(2)23-24(12(16)3)9-18(19,20)21)17(25)22-14-6-7-26-15(8-14)13-4-5-13/h10,13-15H,4-9H2,1-3H3,(H,22,25). The van der Waals surface area contributed by atoms with Gasteiger partial charge in [-0.05, 0) is 52.4 Å². The van der Waals surface area contributed by atoms with Crippen molar-refractivity contribution in [2.24, 2.45) is 5.92 Å². The van der Waals surface area contributed by atoms with E-state index in [2.05, 4.69) is 10.4 Å². The van der Waals surface area contributed by atoms with Gasteiger partial charge in [-0.2, -0.15) is 18.3 Å². The molecule has 2 fully saturated rings. The molecule has 1 saturated heterocycles. The number of hydrogen-bond acceptors (Lipinski definition) is 3. The highest BCUT2D eigenvalue weighted by molar-refractivity contribution is 5.84. The Kier molecular flexibility index (Phi) is 5.33. The number of alkyl halides is 3. The fourth-order valence-electron chi connectivity index (χ4n) is 3.87. The normalized spacial score (nSPS) is 25.2. The third kappa shape index (κ3) is 4.39. The number of ether oxygens (including phenoxy) is 1. The SMILES string of the molecule is Cc1nn(CC(F)(F)F)c(C)c1C(C)C(=O)NC1CCOC(C2CC2)C1. The minimum absolute atomic E-state index is 0.0649. The van der Waals surface area contributed by atoms with Crippen LogP contribution in [0.4, 0.5) is 13.2 Å². The molecule has 3 rings (SSSR count). The Morgan fingerprint density at radius 3 is 2.65 bits per heavy atom. The number of carbonyl (C=O) groups is 1. The second kappa shape index (κ2) is 7.21. The van der Waals surface area contributed by atoms with Crippen molar-refractivity contribution in [2.75, 3.05) is 6.61 Å². The molecule has 26 heavy (non-hydrogen) atoms. The molecular weight excluding hydrogens is 347 g/mol. The lowest BCUT2D eigenvalue weighted by atomic mass is 9.95. The molecule has 2 heterocycles. The molecule has 0 aromatic carbocycles. The molecule has 2 aliphatic rings. The summed E-state index contributed by atoms with van der Waals surface area (Å²) >= 11 is 0. The molecule has 0 spiro atoms. The Balaban J connectivity index is 1.66. The van der Waals surface area contributed by atoms with E-state index in [-0.39, 0.29) is 18.1 Å². The van der Waals surface area contributed by atoms with Crippen molar-refractivity contribution in [3.05, 3.63) is 17.0 Å². The highest BCUT2D eigenvalue weighted by atomic mass is 19.4. The predicted molar refractivity (Wildman–Crippen MR) is 89.8 cm³/mol. The van der Waals surface area contributed by atoms with E-state index in [1.807, 2.05) is 0 Å². The average Bonchev–Trinajstić information content (AvgIpc) is 3.34. The van der Waals surface area contributed by atoms with Gasteiger partial charge in [-0.3, -0.25) is 9.48 Å². The van der Waals surface area contributed by atoms with Gasteiger partial charge in [0.2, 0.25) is 5.91 Å². The van der Waals surface area contributed by atoms with Crippen LogP contribution in [-0.2, 0) is 16.1 Å². The van der Waals surface area contributed by atoms with Crippen LogP contribution < -0.4 is 5.32 Å². The summed E-state index contributed by atoms with van der Waals surface area (Å²) in [5.74, 6) is -0.0828. The highest BCUT2D eigenvalue weighted by Gasteiger charge is 2.37. The van der Waals surface area contributed by atoms with Crippen LogP contribution in [0, 0.1) is 19.8 Å². The van der Waals surface area contributed by atoms with Crippen molar-refractivity contribution in [1.29, 1.82) is 0 Å². The summed E-state index contributed by atoms with van der Waals surface area (Å²) in [6.45, 7) is 4.46. The number of halogens is 3. The monoisotopic (exact) mass is 373 g/mol. The smallest absolute Gasteiger partial charge is 0.378 e. The van der Waals surface area contributed by atoms with E-state index in [1.54, 1.807) is 20.8 Å². The summed E-state index contributed by atoms with van der Waals surface area (Å²) in [5, 5.41) is 7.05. The Morgan fingerprint density at radius 2 is 2.04 bits per heavy atom. The van der Waals surface area contributed by atoms with Gasteiger partial charge in [0.15, 0.2) is 0 Å². The number of rotatable bonds is 5. The van der Waals surface area contributed by atoms with Crippen LogP contribution in [0.1, 0.15) is 55.5 Å².